The smallest absolute Gasteiger partial charge is 0.264 e. The Kier molecular flexibility index (Phi) is 5.22. The van der Waals surface area contributed by atoms with Crippen LogP contribution in [0.25, 0.3) is 0 Å². The number of ether oxygens (including phenoxy) is 1. The first-order chi connectivity index (χ1) is 10.6. The van der Waals surface area contributed by atoms with Gasteiger partial charge in [-0.3, -0.25) is 4.31 Å². The Labute approximate surface area is 131 Å². The third-order valence-corrected chi connectivity index (χ3v) is 4.87. The largest absolute Gasteiger partial charge is 0.494 e. The van der Waals surface area contributed by atoms with Crippen molar-refractivity contribution in [2.24, 2.45) is 0 Å². The van der Waals surface area contributed by atoms with E-state index < -0.39 is 10.0 Å². The molecule has 0 aromatic heterocycles. The molecular formula is C17H19NO3S. The summed E-state index contributed by atoms with van der Waals surface area (Å²) in [4.78, 5) is 0.255. The molecular weight excluding hydrogens is 298 g/mol. The summed E-state index contributed by atoms with van der Waals surface area (Å²) in [6.45, 7) is 6.32. The fraction of sp³-hybridized carbons (Fsp3) is 0.176. The highest BCUT2D eigenvalue weighted by atomic mass is 32.2. The predicted molar refractivity (Wildman–Crippen MR) is 88.8 cm³/mol. The van der Waals surface area contributed by atoms with Crippen molar-refractivity contribution >= 4 is 15.7 Å². The molecule has 0 atom stereocenters. The molecule has 0 aliphatic rings. The lowest BCUT2D eigenvalue weighted by Crippen LogP contribution is -2.31. The van der Waals surface area contributed by atoms with Crippen molar-refractivity contribution in [3.05, 3.63) is 67.3 Å². The van der Waals surface area contributed by atoms with Crippen molar-refractivity contribution in [1.29, 1.82) is 0 Å². The first-order valence-corrected chi connectivity index (χ1v) is 8.45. The van der Waals surface area contributed by atoms with E-state index >= 15 is 0 Å². The summed E-state index contributed by atoms with van der Waals surface area (Å²) in [6, 6.07) is 15.3. The van der Waals surface area contributed by atoms with Crippen LogP contribution in [0.15, 0.2) is 72.1 Å². The molecule has 0 aliphatic heterocycles. The van der Waals surface area contributed by atoms with Crippen LogP contribution in [-0.2, 0) is 10.0 Å². The molecule has 22 heavy (non-hydrogen) atoms. The Morgan fingerprint density at radius 3 is 2.27 bits per heavy atom. The van der Waals surface area contributed by atoms with E-state index in [0.29, 0.717) is 18.0 Å². The highest BCUT2D eigenvalue weighted by Gasteiger charge is 2.23. The summed E-state index contributed by atoms with van der Waals surface area (Å²) in [5, 5.41) is 0. The number of benzene rings is 2. The Morgan fingerprint density at radius 1 is 1.09 bits per heavy atom. The average molecular weight is 317 g/mol. The molecule has 0 heterocycles. The van der Waals surface area contributed by atoms with Crippen molar-refractivity contribution in [2.75, 3.05) is 17.5 Å². The Hall–Kier alpha value is -2.27. The van der Waals surface area contributed by atoms with Crippen molar-refractivity contribution < 1.29 is 13.2 Å². The normalized spacial score (nSPS) is 11.0. The number of sulfonamides is 1. The number of anilines is 1. The van der Waals surface area contributed by atoms with Gasteiger partial charge >= 0.3 is 0 Å². The second kappa shape index (κ2) is 7.13. The third-order valence-electron chi connectivity index (χ3n) is 3.06. The number of hydrogen-bond acceptors (Lipinski definition) is 3. The van der Waals surface area contributed by atoms with Crippen LogP contribution in [-0.4, -0.2) is 21.6 Å². The second-order valence-corrected chi connectivity index (χ2v) is 6.43. The Bertz CT molecular complexity index is 709. The quantitative estimate of drug-likeness (QED) is 0.735. The monoisotopic (exact) mass is 317 g/mol. The molecule has 0 radical (unpaired) electrons. The SMILES string of the molecule is C=CCN(c1ccc(OCC)cc1)S(=O)(=O)c1ccccc1. The van der Waals surface area contributed by atoms with Gasteiger partial charge in [-0.1, -0.05) is 24.3 Å². The summed E-state index contributed by atoms with van der Waals surface area (Å²) >= 11 is 0. The molecule has 0 N–H and O–H groups in total. The highest BCUT2D eigenvalue weighted by molar-refractivity contribution is 7.92. The highest BCUT2D eigenvalue weighted by Crippen LogP contribution is 2.25. The maximum absolute atomic E-state index is 12.8. The van der Waals surface area contributed by atoms with E-state index in [2.05, 4.69) is 6.58 Å². The molecule has 2 aromatic carbocycles. The van der Waals surface area contributed by atoms with E-state index in [1.54, 1.807) is 60.7 Å². The molecule has 0 spiro atoms. The van der Waals surface area contributed by atoms with E-state index in [4.69, 9.17) is 4.74 Å². The van der Waals surface area contributed by atoms with E-state index in [0.717, 1.165) is 0 Å². The van der Waals surface area contributed by atoms with Crippen LogP contribution in [0.4, 0.5) is 5.69 Å². The van der Waals surface area contributed by atoms with Crippen LogP contribution in [0, 0.1) is 0 Å². The lowest BCUT2D eigenvalue weighted by molar-refractivity contribution is 0.340. The van der Waals surface area contributed by atoms with E-state index in [9.17, 15) is 8.42 Å². The zero-order valence-electron chi connectivity index (χ0n) is 12.5. The average Bonchev–Trinajstić information content (AvgIpc) is 2.54. The maximum atomic E-state index is 12.8. The van der Waals surface area contributed by atoms with Gasteiger partial charge in [0.1, 0.15) is 5.75 Å². The molecule has 0 saturated carbocycles. The van der Waals surface area contributed by atoms with E-state index in [1.165, 1.54) is 4.31 Å². The van der Waals surface area contributed by atoms with Gasteiger partial charge in [-0.05, 0) is 43.3 Å². The summed E-state index contributed by atoms with van der Waals surface area (Å²) in [5.41, 5.74) is 0.576. The van der Waals surface area contributed by atoms with E-state index in [1.807, 2.05) is 6.92 Å². The summed E-state index contributed by atoms with van der Waals surface area (Å²) in [5.74, 6) is 0.710. The molecule has 5 heteroatoms. The molecule has 2 rings (SSSR count). The van der Waals surface area contributed by atoms with Gasteiger partial charge in [0, 0.05) is 0 Å². The van der Waals surface area contributed by atoms with Crippen molar-refractivity contribution in [3.8, 4) is 5.75 Å². The van der Waals surface area contributed by atoms with Crippen LogP contribution in [0.5, 0.6) is 5.75 Å². The van der Waals surface area contributed by atoms with Gasteiger partial charge in [0.25, 0.3) is 10.0 Å². The fourth-order valence-electron chi connectivity index (χ4n) is 2.05. The lowest BCUT2D eigenvalue weighted by Gasteiger charge is -2.23. The summed E-state index contributed by atoms with van der Waals surface area (Å²) in [6.07, 6.45) is 1.57. The molecule has 0 aliphatic carbocycles. The topological polar surface area (TPSA) is 46.6 Å². The molecule has 0 unspecified atom stereocenters. The minimum Gasteiger partial charge on any atom is -0.494 e. The lowest BCUT2D eigenvalue weighted by atomic mass is 10.3. The van der Waals surface area contributed by atoms with Crippen molar-refractivity contribution in [1.82, 2.24) is 0 Å². The van der Waals surface area contributed by atoms with E-state index in [-0.39, 0.29) is 11.4 Å². The van der Waals surface area contributed by atoms with Crippen molar-refractivity contribution in [2.45, 2.75) is 11.8 Å². The summed E-state index contributed by atoms with van der Waals surface area (Å²) < 4.78 is 32.3. The Morgan fingerprint density at radius 2 is 1.73 bits per heavy atom. The second-order valence-electron chi connectivity index (χ2n) is 4.56. The molecule has 2 aromatic rings. The zero-order valence-corrected chi connectivity index (χ0v) is 13.3. The standard InChI is InChI=1S/C17H19NO3S/c1-3-14-18(15-10-12-16(13-11-15)21-4-2)22(19,20)17-8-6-5-7-9-17/h3,5-13H,1,4,14H2,2H3. The first-order valence-electron chi connectivity index (χ1n) is 7.01. The van der Waals surface area contributed by atoms with Gasteiger partial charge in [-0.2, -0.15) is 0 Å². The molecule has 0 bridgehead atoms. The molecule has 0 saturated heterocycles. The predicted octanol–water partition coefficient (Wildman–Crippen LogP) is 3.47. The minimum absolute atomic E-state index is 0.200. The van der Waals surface area contributed by atoms with Gasteiger partial charge in [-0.25, -0.2) is 8.42 Å². The van der Waals surface area contributed by atoms with Crippen LogP contribution in [0.3, 0.4) is 0 Å². The number of hydrogen-bond donors (Lipinski definition) is 0. The van der Waals surface area contributed by atoms with Crippen LogP contribution >= 0.6 is 0 Å². The van der Waals surface area contributed by atoms with Gasteiger partial charge < -0.3 is 4.74 Å². The summed E-state index contributed by atoms with van der Waals surface area (Å²) in [7, 11) is -3.62. The first kappa shape index (κ1) is 16.1. The van der Waals surface area contributed by atoms with Gasteiger partial charge in [-0.15, -0.1) is 6.58 Å². The van der Waals surface area contributed by atoms with Crippen LogP contribution < -0.4 is 9.04 Å². The maximum Gasteiger partial charge on any atom is 0.264 e. The number of rotatable bonds is 7. The molecule has 0 fully saturated rings. The fourth-order valence-corrected chi connectivity index (χ4v) is 3.51. The molecule has 0 amide bonds. The van der Waals surface area contributed by atoms with Gasteiger partial charge in [0.2, 0.25) is 0 Å². The van der Waals surface area contributed by atoms with Crippen LogP contribution in [0.1, 0.15) is 6.92 Å². The molecule has 116 valence electrons. The van der Waals surface area contributed by atoms with Crippen LogP contribution in [0.2, 0.25) is 0 Å². The molecule has 4 nitrogen and oxygen atoms in total. The van der Waals surface area contributed by atoms with Gasteiger partial charge in [0.15, 0.2) is 0 Å². The number of nitrogens with zero attached hydrogens (tertiary/aromatic N) is 1. The van der Waals surface area contributed by atoms with Gasteiger partial charge in [0.05, 0.1) is 23.7 Å². The zero-order chi connectivity index (χ0) is 16.0. The van der Waals surface area contributed by atoms with Crippen molar-refractivity contribution in [3.63, 3.8) is 0 Å². The Balaban J connectivity index is 2.39. The third kappa shape index (κ3) is 3.49. The minimum atomic E-state index is -3.62.